The first kappa shape index (κ1) is 8.73. The highest BCUT2D eigenvalue weighted by atomic mass is 16.5. The zero-order valence-electron chi connectivity index (χ0n) is 6.32. The zero-order chi connectivity index (χ0) is 8.97. The number of hydrogen-bond donors (Lipinski definition) is 2. The summed E-state index contributed by atoms with van der Waals surface area (Å²) in [5.74, 6) is -1.53. The fraction of sp³-hybridized carbons (Fsp3) is 0.429. The van der Waals surface area contributed by atoms with Crippen LogP contribution in [-0.4, -0.2) is 36.2 Å². The topological polar surface area (TPSA) is 75.6 Å². The summed E-state index contributed by atoms with van der Waals surface area (Å²) in [6.45, 7) is 1.01. The van der Waals surface area contributed by atoms with Crippen molar-refractivity contribution in [1.82, 2.24) is 5.32 Å². The van der Waals surface area contributed by atoms with Gasteiger partial charge in [0, 0.05) is 12.2 Å². The van der Waals surface area contributed by atoms with Crippen molar-refractivity contribution >= 4 is 11.9 Å². The Morgan fingerprint density at radius 1 is 1.42 bits per heavy atom. The maximum absolute atomic E-state index is 10.8. The Balaban J connectivity index is 2.23. The molecule has 1 saturated heterocycles. The predicted molar refractivity (Wildman–Crippen MR) is 39.5 cm³/mol. The number of carboxylic acids is 1. The van der Waals surface area contributed by atoms with Gasteiger partial charge in [-0.15, -0.1) is 0 Å². The normalized spacial score (nSPS) is 17.3. The van der Waals surface area contributed by atoms with Gasteiger partial charge in [0.2, 0.25) is 5.91 Å². The average Bonchev–Trinajstić information content (AvgIpc) is 1.93. The molecule has 0 aromatic carbocycles. The molecule has 0 atom stereocenters. The molecule has 1 aliphatic heterocycles. The van der Waals surface area contributed by atoms with E-state index in [2.05, 4.69) is 5.32 Å². The standard InChI is InChI=1S/C7H9NO4/c9-6(1-2-7(10)11)8-5-3-12-4-5/h1-2,5H,3-4H2,(H,8,9)(H,10,11). The second-order valence-electron chi connectivity index (χ2n) is 2.41. The molecule has 0 aromatic heterocycles. The van der Waals surface area contributed by atoms with Gasteiger partial charge in [-0.2, -0.15) is 0 Å². The third kappa shape index (κ3) is 2.71. The van der Waals surface area contributed by atoms with Gasteiger partial charge in [-0.05, 0) is 0 Å². The third-order valence-electron chi connectivity index (χ3n) is 1.36. The summed E-state index contributed by atoms with van der Waals surface area (Å²) < 4.78 is 4.81. The third-order valence-corrected chi connectivity index (χ3v) is 1.36. The van der Waals surface area contributed by atoms with Gasteiger partial charge in [0.05, 0.1) is 19.3 Å². The van der Waals surface area contributed by atoms with E-state index in [0.717, 1.165) is 12.2 Å². The van der Waals surface area contributed by atoms with Crippen LogP contribution in [0.1, 0.15) is 0 Å². The first-order valence-electron chi connectivity index (χ1n) is 3.48. The molecule has 0 saturated carbocycles. The van der Waals surface area contributed by atoms with Gasteiger partial charge in [0.1, 0.15) is 0 Å². The maximum atomic E-state index is 10.8. The number of carboxylic acid groups (broad SMARTS) is 1. The van der Waals surface area contributed by atoms with Crippen LogP contribution >= 0.6 is 0 Å². The molecule has 0 aromatic rings. The number of nitrogens with one attached hydrogen (secondary N) is 1. The fourth-order valence-corrected chi connectivity index (χ4v) is 0.715. The largest absolute Gasteiger partial charge is 0.478 e. The molecule has 1 heterocycles. The highest BCUT2D eigenvalue weighted by Crippen LogP contribution is 1.98. The molecule has 2 N–H and O–H groups in total. The number of carbonyl (C=O) groups is 2. The van der Waals surface area contributed by atoms with E-state index in [9.17, 15) is 9.59 Å². The molecule has 5 nitrogen and oxygen atoms in total. The molecule has 0 bridgehead atoms. The van der Waals surface area contributed by atoms with Crippen LogP contribution in [0.5, 0.6) is 0 Å². The lowest BCUT2D eigenvalue weighted by Crippen LogP contribution is -2.48. The van der Waals surface area contributed by atoms with Gasteiger partial charge in [-0.1, -0.05) is 0 Å². The highest BCUT2D eigenvalue weighted by Gasteiger charge is 2.18. The molecule has 66 valence electrons. The minimum Gasteiger partial charge on any atom is -0.478 e. The SMILES string of the molecule is O=C(O)C=CC(=O)NC1COC1. The Morgan fingerprint density at radius 2 is 2.08 bits per heavy atom. The summed E-state index contributed by atoms with van der Waals surface area (Å²) in [4.78, 5) is 20.8. The molecular formula is C7H9NO4. The molecule has 1 fully saturated rings. The first-order chi connectivity index (χ1) is 5.68. The molecule has 0 spiro atoms. The van der Waals surface area contributed by atoms with E-state index in [1.807, 2.05) is 0 Å². The second-order valence-corrected chi connectivity index (χ2v) is 2.41. The summed E-state index contributed by atoms with van der Waals surface area (Å²) in [7, 11) is 0. The molecule has 1 amide bonds. The fourth-order valence-electron chi connectivity index (χ4n) is 0.715. The Morgan fingerprint density at radius 3 is 2.50 bits per heavy atom. The molecule has 1 aliphatic rings. The lowest BCUT2D eigenvalue weighted by molar-refractivity contribution is -0.131. The predicted octanol–water partition coefficient (Wildman–Crippen LogP) is -0.858. The molecule has 0 aliphatic carbocycles. The van der Waals surface area contributed by atoms with Crippen LogP contribution < -0.4 is 5.32 Å². The van der Waals surface area contributed by atoms with Gasteiger partial charge in [-0.25, -0.2) is 4.79 Å². The Labute approximate surface area is 69.0 Å². The highest BCUT2D eigenvalue weighted by molar-refractivity contribution is 5.94. The van der Waals surface area contributed by atoms with Gasteiger partial charge in [-0.3, -0.25) is 4.79 Å². The Bertz CT molecular complexity index is 219. The molecule has 1 rings (SSSR count). The first-order valence-corrected chi connectivity index (χ1v) is 3.48. The number of hydrogen-bond acceptors (Lipinski definition) is 3. The van der Waals surface area contributed by atoms with Crippen molar-refractivity contribution in [2.45, 2.75) is 6.04 Å². The molecule has 12 heavy (non-hydrogen) atoms. The van der Waals surface area contributed by atoms with Gasteiger partial charge in [0.15, 0.2) is 0 Å². The average molecular weight is 171 g/mol. The number of carbonyl (C=O) groups excluding carboxylic acids is 1. The zero-order valence-corrected chi connectivity index (χ0v) is 6.32. The van der Waals surface area contributed by atoms with Crippen LogP contribution in [0.25, 0.3) is 0 Å². The number of aliphatic carboxylic acids is 1. The summed E-state index contributed by atoms with van der Waals surface area (Å²) in [5.41, 5.74) is 0. The van der Waals surface area contributed by atoms with E-state index in [0.29, 0.717) is 13.2 Å². The van der Waals surface area contributed by atoms with Crippen molar-refractivity contribution in [3.8, 4) is 0 Å². The summed E-state index contributed by atoms with van der Waals surface area (Å²) in [6.07, 6.45) is 1.79. The van der Waals surface area contributed by atoms with E-state index >= 15 is 0 Å². The Hall–Kier alpha value is -1.36. The van der Waals surface area contributed by atoms with E-state index in [4.69, 9.17) is 9.84 Å². The van der Waals surface area contributed by atoms with Crippen molar-refractivity contribution < 1.29 is 19.4 Å². The van der Waals surface area contributed by atoms with Crippen molar-refractivity contribution in [2.24, 2.45) is 0 Å². The van der Waals surface area contributed by atoms with Gasteiger partial charge >= 0.3 is 5.97 Å². The van der Waals surface area contributed by atoms with Crippen LogP contribution in [0.15, 0.2) is 12.2 Å². The molecule has 5 heteroatoms. The van der Waals surface area contributed by atoms with E-state index < -0.39 is 11.9 Å². The van der Waals surface area contributed by atoms with Crippen LogP contribution in [0.2, 0.25) is 0 Å². The number of rotatable bonds is 3. The van der Waals surface area contributed by atoms with Crippen molar-refractivity contribution in [3.63, 3.8) is 0 Å². The van der Waals surface area contributed by atoms with E-state index in [-0.39, 0.29) is 6.04 Å². The summed E-state index contributed by atoms with van der Waals surface area (Å²) >= 11 is 0. The second kappa shape index (κ2) is 3.87. The van der Waals surface area contributed by atoms with Crippen LogP contribution in [0.4, 0.5) is 0 Å². The van der Waals surface area contributed by atoms with Crippen molar-refractivity contribution in [2.75, 3.05) is 13.2 Å². The van der Waals surface area contributed by atoms with Crippen molar-refractivity contribution in [3.05, 3.63) is 12.2 Å². The summed E-state index contributed by atoms with van der Waals surface area (Å²) in [6, 6.07) is 0.0379. The van der Waals surface area contributed by atoms with Crippen LogP contribution in [0.3, 0.4) is 0 Å². The van der Waals surface area contributed by atoms with E-state index in [1.165, 1.54) is 0 Å². The number of amides is 1. The van der Waals surface area contributed by atoms with E-state index in [1.54, 1.807) is 0 Å². The van der Waals surface area contributed by atoms with Crippen molar-refractivity contribution in [1.29, 1.82) is 0 Å². The minimum absolute atomic E-state index is 0.0379. The van der Waals surface area contributed by atoms with Crippen LogP contribution in [-0.2, 0) is 14.3 Å². The molecule has 0 radical (unpaired) electrons. The lowest BCUT2D eigenvalue weighted by atomic mass is 10.2. The molecular weight excluding hydrogens is 162 g/mol. The quantitative estimate of drug-likeness (QED) is 0.542. The minimum atomic E-state index is -1.13. The summed E-state index contributed by atoms with van der Waals surface area (Å²) in [5, 5.41) is 10.7. The monoisotopic (exact) mass is 171 g/mol. The maximum Gasteiger partial charge on any atom is 0.328 e. The molecule has 0 unspecified atom stereocenters. The van der Waals surface area contributed by atoms with Crippen LogP contribution in [0, 0.1) is 0 Å². The smallest absolute Gasteiger partial charge is 0.328 e. The van der Waals surface area contributed by atoms with Gasteiger partial charge in [0.25, 0.3) is 0 Å². The lowest BCUT2D eigenvalue weighted by Gasteiger charge is -2.26. The Kier molecular flexibility index (Phi) is 2.82. The van der Waals surface area contributed by atoms with Gasteiger partial charge < -0.3 is 15.2 Å². The number of ether oxygens (including phenoxy) is 1.